The van der Waals surface area contributed by atoms with Crippen LogP contribution < -0.4 is 5.73 Å². The molecule has 0 heterocycles. The molecule has 0 bridgehead atoms. The van der Waals surface area contributed by atoms with Crippen LogP contribution in [0, 0.1) is 12.7 Å². The fourth-order valence-corrected chi connectivity index (χ4v) is 1.39. The molecule has 0 amide bonds. The topological polar surface area (TPSA) is 83.6 Å². The number of aromatic hydroxyl groups is 1. The number of carboxylic acid groups (broad SMARTS) is 1. The molecule has 1 aromatic rings. The highest BCUT2D eigenvalue weighted by Gasteiger charge is 2.22. The molecule has 1 rings (SSSR count). The lowest BCUT2D eigenvalue weighted by atomic mass is 9.96. The quantitative estimate of drug-likeness (QED) is 0.698. The average Bonchev–Trinajstić information content (AvgIpc) is 2.13. The van der Waals surface area contributed by atoms with Crippen LogP contribution in [0.5, 0.6) is 5.75 Å². The third-order valence-electron chi connectivity index (χ3n) is 2.20. The normalized spacial score (nSPS) is 12.5. The highest BCUT2D eigenvalue weighted by atomic mass is 19.1. The van der Waals surface area contributed by atoms with Crippen molar-refractivity contribution in [2.45, 2.75) is 12.8 Å². The van der Waals surface area contributed by atoms with E-state index in [9.17, 15) is 14.3 Å². The number of aliphatic carboxylic acids is 1. The molecule has 0 spiro atoms. The summed E-state index contributed by atoms with van der Waals surface area (Å²) in [6.07, 6.45) is 0. The van der Waals surface area contributed by atoms with Gasteiger partial charge in [-0.3, -0.25) is 4.79 Å². The number of halogens is 1. The first kappa shape index (κ1) is 11.5. The molecule has 1 aromatic carbocycles. The molecule has 15 heavy (non-hydrogen) atoms. The van der Waals surface area contributed by atoms with Crippen molar-refractivity contribution < 1.29 is 19.4 Å². The van der Waals surface area contributed by atoms with E-state index in [0.717, 1.165) is 12.1 Å². The molecular weight excluding hydrogens is 201 g/mol. The van der Waals surface area contributed by atoms with Crippen LogP contribution in [0.2, 0.25) is 0 Å². The standard InChI is InChI=1S/C10H12FNO3/c1-5-2-6(11)3-7(9(5)13)8(4-12)10(14)15/h2-3,8,13H,4,12H2,1H3,(H,14,15). The average molecular weight is 213 g/mol. The molecule has 1 atom stereocenters. The number of phenols is 1. The number of carbonyl (C=O) groups is 1. The van der Waals surface area contributed by atoms with Crippen LogP contribution in [0.3, 0.4) is 0 Å². The zero-order valence-electron chi connectivity index (χ0n) is 8.20. The third kappa shape index (κ3) is 2.24. The molecule has 4 N–H and O–H groups in total. The van der Waals surface area contributed by atoms with Crippen LogP contribution in [-0.4, -0.2) is 22.7 Å². The van der Waals surface area contributed by atoms with Crippen molar-refractivity contribution in [2.75, 3.05) is 6.54 Å². The maximum Gasteiger partial charge on any atom is 0.312 e. The Morgan fingerprint density at radius 2 is 2.20 bits per heavy atom. The van der Waals surface area contributed by atoms with Gasteiger partial charge in [0, 0.05) is 12.1 Å². The Balaban J connectivity index is 3.28. The number of hydrogen-bond donors (Lipinski definition) is 3. The van der Waals surface area contributed by atoms with Gasteiger partial charge >= 0.3 is 5.97 Å². The second kappa shape index (κ2) is 4.27. The van der Waals surface area contributed by atoms with Crippen LogP contribution in [0.4, 0.5) is 4.39 Å². The van der Waals surface area contributed by atoms with Crippen LogP contribution >= 0.6 is 0 Å². The van der Waals surface area contributed by atoms with E-state index in [0.29, 0.717) is 5.56 Å². The monoisotopic (exact) mass is 213 g/mol. The van der Waals surface area contributed by atoms with E-state index in [1.165, 1.54) is 6.92 Å². The number of aryl methyl sites for hydroxylation is 1. The number of hydrogen-bond acceptors (Lipinski definition) is 3. The zero-order chi connectivity index (χ0) is 11.6. The molecule has 0 saturated heterocycles. The van der Waals surface area contributed by atoms with Gasteiger partial charge in [-0.15, -0.1) is 0 Å². The van der Waals surface area contributed by atoms with E-state index in [2.05, 4.69) is 0 Å². The predicted molar refractivity (Wildman–Crippen MR) is 52.2 cm³/mol. The Hall–Kier alpha value is -1.62. The molecule has 0 radical (unpaired) electrons. The maximum atomic E-state index is 13.0. The fraction of sp³-hybridized carbons (Fsp3) is 0.300. The van der Waals surface area contributed by atoms with E-state index < -0.39 is 17.7 Å². The summed E-state index contributed by atoms with van der Waals surface area (Å²) < 4.78 is 13.0. The van der Waals surface area contributed by atoms with Crippen molar-refractivity contribution in [3.05, 3.63) is 29.1 Å². The summed E-state index contributed by atoms with van der Waals surface area (Å²) in [4.78, 5) is 10.8. The van der Waals surface area contributed by atoms with Crippen molar-refractivity contribution in [2.24, 2.45) is 5.73 Å². The van der Waals surface area contributed by atoms with Gasteiger partial charge in [0.1, 0.15) is 11.6 Å². The molecule has 0 saturated carbocycles. The molecule has 5 heteroatoms. The first-order chi connectivity index (χ1) is 6.97. The van der Waals surface area contributed by atoms with Gasteiger partial charge in [0.25, 0.3) is 0 Å². The molecule has 4 nitrogen and oxygen atoms in total. The van der Waals surface area contributed by atoms with Gasteiger partial charge < -0.3 is 15.9 Å². The van der Waals surface area contributed by atoms with Crippen molar-refractivity contribution >= 4 is 5.97 Å². The first-order valence-electron chi connectivity index (χ1n) is 4.39. The lowest BCUT2D eigenvalue weighted by Gasteiger charge is -2.13. The van der Waals surface area contributed by atoms with Crippen molar-refractivity contribution in [3.63, 3.8) is 0 Å². The minimum atomic E-state index is -1.18. The number of carboxylic acids is 1. The van der Waals surface area contributed by atoms with Gasteiger partial charge in [0.2, 0.25) is 0 Å². The lowest BCUT2D eigenvalue weighted by molar-refractivity contribution is -0.138. The Morgan fingerprint density at radius 1 is 1.60 bits per heavy atom. The molecule has 1 unspecified atom stereocenters. The molecule has 0 aliphatic carbocycles. The summed E-state index contributed by atoms with van der Waals surface area (Å²) in [7, 11) is 0. The number of benzene rings is 1. The largest absolute Gasteiger partial charge is 0.507 e. The van der Waals surface area contributed by atoms with Crippen LogP contribution in [0.15, 0.2) is 12.1 Å². The van der Waals surface area contributed by atoms with Gasteiger partial charge in [0.15, 0.2) is 0 Å². The van der Waals surface area contributed by atoms with Crippen molar-refractivity contribution in [1.82, 2.24) is 0 Å². The van der Waals surface area contributed by atoms with Crippen LogP contribution in [0.1, 0.15) is 17.0 Å². The third-order valence-corrected chi connectivity index (χ3v) is 2.20. The molecular formula is C10H12FNO3. The number of rotatable bonds is 3. The first-order valence-corrected chi connectivity index (χ1v) is 4.39. The Morgan fingerprint density at radius 3 is 2.67 bits per heavy atom. The summed E-state index contributed by atoms with van der Waals surface area (Å²) in [5, 5.41) is 18.4. The molecule has 0 aromatic heterocycles. The van der Waals surface area contributed by atoms with E-state index in [4.69, 9.17) is 10.8 Å². The van der Waals surface area contributed by atoms with E-state index in [1.807, 2.05) is 0 Å². The second-order valence-electron chi connectivity index (χ2n) is 3.29. The van der Waals surface area contributed by atoms with Gasteiger partial charge in [-0.05, 0) is 24.6 Å². The van der Waals surface area contributed by atoms with E-state index >= 15 is 0 Å². The highest BCUT2D eigenvalue weighted by molar-refractivity contribution is 5.77. The fourth-order valence-electron chi connectivity index (χ4n) is 1.39. The Kier molecular flexibility index (Phi) is 3.26. The Labute approximate surface area is 86.1 Å². The lowest BCUT2D eigenvalue weighted by Crippen LogP contribution is -2.21. The van der Waals surface area contributed by atoms with Gasteiger partial charge in [-0.2, -0.15) is 0 Å². The summed E-state index contributed by atoms with van der Waals surface area (Å²) in [6.45, 7) is 1.31. The van der Waals surface area contributed by atoms with Crippen molar-refractivity contribution in [1.29, 1.82) is 0 Å². The van der Waals surface area contributed by atoms with Gasteiger partial charge in [-0.25, -0.2) is 4.39 Å². The van der Waals surface area contributed by atoms with E-state index in [1.54, 1.807) is 0 Å². The van der Waals surface area contributed by atoms with Gasteiger partial charge in [0.05, 0.1) is 5.92 Å². The minimum absolute atomic E-state index is 0.0162. The molecule has 82 valence electrons. The Bertz CT molecular complexity index is 392. The summed E-state index contributed by atoms with van der Waals surface area (Å²) in [5.41, 5.74) is 5.57. The predicted octanol–water partition coefficient (Wildman–Crippen LogP) is 0.967. The smallest absolute Gasteiger partial charge is 0.312 e. The molecule has 0 fully saturated rings. The summed E-state index contributed by atoms with van der Waals surface area (Å²) in [5.74, 6) is -3.06. The molecule has 0 aliphatic rings. The van der Waals surface area contributed by atoms with Gasteiger partial charge in [-0.1, -0.05) is 0 Å². The zero-order valence-corrected chi connectivity index (χ0v) is 8.20. The SMILES string of the molecule is Cc1cc(F)cc(C(CN)C(=O)O)c1O. The van der Waals surface area contributed by atoms with Crippen LogP contribution in [-0.2, 0) is 4.79 Å². The number of phenolic OH excluding ortho intramolecular Hbond substituents is 1. The number of nitrogens with two attached hydrogens (primary N) is 1. The van der Waals surface area contributed by atoms with E-state index in [-0.39, 0.29) is 17.9 Å². The maximum absolute atomic E-state index is 13.0. The van der Waals surface area contributed by atoms with Crippen LogP contribution in [0.25, 0.3) is 0 Å². The minimum Gasteiger partial charge on any atom is -0.507 e. The summed E-state index contributed by atoms with van der Waals surface area (Å²) in [6, 6.07) is 2.13. The second-order valence-corrected chi connectivity index (χ2v) is 3.29. The highest BCUT2D eigenvalue weighted by Crippen LogP contribution is 2.29. The summed E-state index contributed by atoms with van der Waals surface area (Å²) >= 11 is 0. The molecule has 0 aliphatic heterocycles. The van der Waals surface area contributed by atoms with Crippen molar-refractivity contribution in [3.8, 4) is 5.75 Å².